The normalized spacial score (nSPS) is 10.6. The molecule has 1 aromatic carbocycles. The van der Waals surface area contributed by atoms with E-state index in [4.69, 9.17) is 5.73 Å². The maximum atomic E-state index is 13.1. The van der Waals surface area contributed by atoms with E-state index in [9.17, 15) is 13.2 Å². The largest absolute Gasteiger partial charge is 0.325 e. The third kappa shape index (κ3) is 3.23. The predicted octanol–water partition coefficient (Wildman–Crippen LogP) is 3.21. The van der Waals surface area contributed by atoms with Gasteiger partial charge in [0.15, 0.2) is 0 Å². The second kappa shape index (κ2) is 5.75. The lowest BCUT2D eigenvalue weighted by molar-refractivity contribution is 0.00227. The van der Waals surface area contributed by atoms with E-state index in [1.54, 1.807) is 0 Å². The van der Waals surface area contributed by atoms with Crippen LogP contribution in [0.2, 0.25) is 0 Å². The zero-order valence-corrected chi connectivity index (χ0v) is 9.15. The van der Waals surface area contributed by atoms with Crippen molar-refractivity contribution < 1.29 is 13.2 Å². The van der Waals surface area contributed by atoms with Crippen molar-refractivity contribution in [3.05, 3.63) is 35.1 Å². The Kier molecular flexibility index (Phi) is 5.36. The van der Waals surface area contributed by atoms with Crippen LogP contribution in [0.15, 0.2) is 18.2 Å². The van der Waals surface area contributed by atoms with Crippen LogP contribution in [0.5, 0.6) is 0 Å². The van der Waals surface area contributed by atoms with Crippen LogP contribution in [-0.2, 0) is 5.92 Å². The van der Waals surface area contributed by atoms with Gasteiger partial charge >= 0.3 is 0 Å². The van der Waals surface area contributed by atoms with E-state index in [0.717, 1.165) is 6.07 Å². The molecule has 0 aliphatic rings. The first-order valence-corrected chi connectivity index (χ1v) is 4.82. The number of hydrogen-bond acceptors (Lipinski definition) is 1. The second-order valence-electron chi connectivity index (χ2n) is 2.85. The molecular weight excluding hydrogens is 203 g/mol. The highest BCUT2D eigenvalue weighted by atomic mass is 19.3. The molecule has 0 bridgehead atoms. The maximum Gasteiger partial charge on any atom is 0.288 e. The van der Waals surface area contributed by atoms with Crippen LogP contribution in [0.25, 0.3) is 0 Å². The van der Waals surface area contributed by atoms with E-state index < -0.39 is 23.8 Å². The number of alkyl halides is 2. The van der Waals surface area contributed by atoms with Crippen molar-refractivity contribution >= 4 is 0 Å². The first-order chi connectivity index (χ1) is 6.99. The molecule has 0 saturated carbocycles. The zero-order valence-electron chi connectivity index (χ0n) is 9.15. The number of nitrogens with two attached hydrogens (primary N) is 1. The van der Waals surface area contributed by atoms with Gasteiger partial charge in [0, 0.05) is 0 Å². The molecule has 0 aliphatic carbocycles. The summed E-state index contributed by atoms with van der Waals surface area (Å²) in [5, 5.41) is 0. The number of aryl methyl sites for hydroxylation is 1. The van der Waals surface area contributed by atoms with Crippen molar-refractivity contribution in [2.45, 2.75) is 26.7 Å². The van der Waals surface area contributed by atoms with Gasteiger partial charge < -0.3 is 5.73 Å². The van der Waals surface area contributed by atoms with Gasteiger partial charge in [-0.25, -0.2) is 4.39 Å². The summed E-state index contributed by atoms with van der Waals surface area (Å²) in [6.45, 7) is 4.55. The fraction of sp³-hybridized carbons (Fsp3) is 0.455. The summed E-state index contributed by atoms with van der Waals surface area (Å²) in [5.74, 6) is -4.16. The Morgan fingerprint density at radius 2 is 1.80 bits per heavy atom. The molecular formula is C11H16F3N. The van der Waals surface area contributed by atoms with Crippen LogP contribution < -0.4 is 5.73 Å². The van der Waals surface area contributed by atoms with E-state index in [0.29, 0.717) is 0 Å². The van der Waals surface area contributed by atoms with Gasteiger partial charge in [-0.15, -0.1) is 0 Å². The molecule has 0 radical (unpaired) electrons. The minimum absolute atomic E-state index is 0.200. The fourth-order valence-corrected chi connectivity index (χ4v) is 1.04. The molecule has 4 heteroatoms. The highest BCUT2D eigenvalue weighted by Crippen LogP contribution is 2.29. The van der Waals surface area contributed by atoms with Crippen LogP contribution in [0.1, 0.15) is 25.0 Å². The smallest absolute Gasteiger partial charge is 0.288 e. The number of benzene rings is 1. The van der Waals surface area contributed by atoms with Gasteiger partial charge in [0.2, 0.25) is 0 Å². The van der Waals surface area contributed by atoms with Crippen molar-refractivity contribution in [1.29, 1.82) is 0 Å². The van der Waals surface area contributed by atoms with Crippen molar-refractivity contribution in [1.82, 2.24) is 0 Å². The standard InChI is InChI=1S/C9H10F3N.C2H6/c1-6-3-2-4-7(8(6)10)9(11,12)5-13;1-2/h2-4H,5,13H2,1H3;1-2H3. The summed E-state index contributed by atoms with van der Waals surface area (Å²) in [6, 6.07) is 3.87. The lowest BCUT2D eigenvalue weighted by Gasteiger charge is -2.15. The molecule has 1 nitrogen and oxygen atoms in total. The predicted molar refractivity (Wildman–Crippen MR) is 55.4 cm³/mol. The summed E-state index contributed by atoms with van der Waals surface area (Å²) >= 11 is 0. The Morgan fingerprint density at radius 3 is 2.27 bits per heavy atom. The van der Waals surface area contributed by atoms with Gasteiger partial charge in [0.05, 0.1) is 12.1 Å². The number of halogens is 3. The maximum absolute atomic E-state index is 13.1. The minimum atomic E-state index is -3.28. The minimum Gasteiger partial charge on any atom is -0.325 e. The van der Waals surface area contributed by atoms with Crippen molar-refractivity contribution in [2.75, 3.05) is 6.54 Å². The SMILES string of the molecule is CC.Cc1cccc(C(F)(F)CN)c1F. The number of rotatable bonds is 2. The third-order valence-corrected chi connectivity index (χ3v) is 1.84. The van der Waals surface area contributed by atoms with Crippen molar-refractivity contribution in [2.24, 2.45) is 5.73 Å². The van der Waals surface area contributed by atoms with Crippen LogP contribution in [0, 0.1) is 12.7 Å². The molecule has 15 heavy (non-hydrogen) atoms. The van der Waals surface area contributed by atoms with E-state index in [1.807, 2.05) is 13.8 Å². The van der Waals surface area contributed by atoms with Gasteiger partial charge in [-0.3, -0.25) is 0 Å². The Bertz CT molecular complexity index is 311. The first kappa shape index (κ1) is 14.0. The molecule has 86 valence electrons. The van der Waals surface area contributed by atoms with E-state index in [-0.39, 0.29) is 5.56 Å². The third-order valence-electron chi connectivity index (χ3n) is 1.84. The van der Waals surface area contributed by atoms with E-state index in [2.05, 4.69) is 0 Å². The molecule has 1 rings (SSSR count). The highest BCUT2D eigenvalue weighted by Gasteiger charge is 2.32. The molecule has 0 spiro atoms. The molecule has 0 amide bonds. The summed E-state index contributed by atoms with van der Waals surface area (Å²) < 4.78 is 39.1. The molecule has 0 saturated heterocycles. The Hall–Kier alpha value is -1.03. The monoisotopic (exact) mass is 219 g/mol. The summed E-state index contributed by atoms with van der Waals surface area (Å²) in [4.78, 5) is 0. The quantitative estimate of drug-likeness (QED) is 0.812. The number of hydrogen-bond donors (Lipinski definition) is 1. The van der Waals surface area contributed by atoms with Crippen LogP contribution in [0.4, 0.5) is 13.2 Å². The average molecular weight is 219 g/mol. The molecule has 0 aliphatic heterocycles. The fourth-order valence-electron chi connectivity index (χ4n) is 1.04. The highest BCUT2D eigenvalue weighted by molar-refractivity contribution is 5.28. The first-order valence-electron chi connectivity index (χ1n) is 4.82. The lowest BCUT2D eigenvalue weighted by atomic mass is 10.0. The molecule has 0 heterocycles. The molecule has 0 aromatic heterocycles. The van der Waals surface area contributed by atoms with Crippen molar-refractivity contribution in [3.63, 3.8) is 0 Å². The van der Waals surface area contributed by atoms with Crippen molar-refractivity contribution in [3.8, 4) is 0 Å². The van der Waals surface area contributed by atoms with E-state index >= 15 is 0 Å². The lowest BCUT2D eigenvalue weighted by Crippen LogP contribution is -2.26. The molecule has 0 unspecified atom stereocenters. The van der Waals surface area contributed by atoms with Crippen LogP contribution in [0.3, 0.4) is 0 Å². The van der Waals surface area contributed by atoms with Crippen LogP contribution in [-0.4, -0.2) is 6.54 Å². The molecule has 0 atom stereocenters. The van der Waals surface area contributed by atoms with Gasteiger partial charge in [0.25, 0.3) is 5.92 Å². The topological polar surface area (TPSA) is 26.0 Å². The summed E-state index contributed by atoms with van der Waals surface area (Å²) in [7, 11) is 0. The second-order valence-corrected chi connectivity index (χ2v) is 2.85. The van der Waals surface area contributed by atoms with Gasteiger partial charge in [-0.05, 0) is 12.5 Å². The van der Waals surface area contributed by atoms with Gasteiger partial charge in [-0.2, -0.15) is 8.78 Å². The summed E-state index contributed by atoms with van der Waals surface area (Å²) in [6.07, 6.45) is 0. The van der Waals surface area contributed by atoms with Gasteiger partial charge in [0.1, 0.15) is 5.82 Å². The Balaban J connectivity index is 0.000000921. The van der Waals surface area contributed by atoms with E-state index in [1.165, 1.54) is 19.1 Å². The summed E-state index contributed by atoms with van der Waals surface area (Å²) in [5.41, 5.74) is 4.41. The molecule has 1 aromatic rings. The average Bonchev–Trinajstić information content (AvgIpc) is 2.25. The Labute approximate surface area is 88.1 Å². The molecule has 0 fully saturated rings. The Morgan fingerprint density at radius 1 is 1.27 bits per heavy atom. The van der Waals surface area contributed by atoms with Crippen LogP contribution >= 0.6 is 0 Å². The van der Waals surface area contributed by atoms with Gasteiger partial charge in [-0.1, -0.05) is 32.0 Å². The molecule has 2 N–H and O–H groups in total. The zero-order chi connectivity index (χ0) is 12.1.